The molecule has 0 fully saturated rings. The molecule has 0 radical (unpaired) electrons. The summed E-state index contributed by atoms with van der Waals surface area (Å²) in [5, 5.41) is 2.37. The van der Waals surface area contributed by atoms with E-state index in [0.717, 1.165) is 6.92 Å². The number of hydrogen-bond acceptors (Lipinski definition) is 5. The van der Waals surface area contributed by atoms with Crippen LogP contribution in [-0.4, -0.2) is 46.9 Å². The Hall–Kier alpha value is -2.79. The van der Waals surface area contributed by atoms with Crippen LogP contribution < -0.4 is 14.4 Å². The van der Waals surface area contributed by atoms with Crippen molar-refractivity contribution in [2.24, 2.45) is 0 Å². The van der Waals surface area contributed by atoms with E-state index in [2.05, 4.69) is 10.1 Å². The molecule has 0 heterocycles. The summed E-state index contributed by atoms with van der Waals surface area (Å²) in [4.78, 5) is 12.1. The highest BCUT2D eigenvalue weighted by Crippen LogP contribution is 2.31. The second kappa shape index (κ2) is 10.0. The van der Waals surface area contributed by atoms with Crippen LogP contribution in [0, 0.1) is 0 Å². The van der Waals surface area contributed by atoms with E-state index in [4.69, 9.17) is 4.74 Å². The minimum atomic E-state index is -4.58. The predicted molar refractivity (Wildman–Crippen MR) is 110 cm³/mol. The highest BCUT2D eigenvalue weighted by molar-refractivity contribution is 7.92. The number of benzene rings is 2. The number of rotatable bonds is 9. The number of carbonyl (C=O) groups is 1. The van der Waals surface area contributed by atoms with E-state index in [-0.39, 0.29) is 22.9 Å². The van der Waals surface area contributed by atoms with Crippen LogP contribution in [0.4, 0.5) is 24.5 Å². The maximum Gasteiger partial charge on any atom is 0.411 e. The average Bonchev–Trinajstić information content (AvgIpc) is 2.72. The summed E-state index contributed by atoms with van der Waals surface area (Å²) in [6, 6.07) is 12.3. The number of hydrogen-bond donors (Lipinski definition) is 1. The van der Waals surface area contributed by atoms with Crippen LogP contribution >= 0.6 is 0 Å². The molecule has 1 N–H and O–H groups in total. The molecule has 0 aliphatic rings. The number of methoxy groups -OCH3 is 1. The van der Waals surface area contributed by atoms with Crippen LogP contribution in [0.5, 0.6) is 5.75 Å². The molecule has 2 rings (SSSR count). The zero-order valence-corrected chi connectivity index (χ0v) is 18.0. The smallest absolute Gasteiger partial charge is 0.411 e. The molecule has 1 atom stereocenters. The lowest BCUT2D eigenvalue weighted by molar-refractivity contribution is -0.184. The molecular weight excluding hydrogens is 437 g/mol. The number of nitrogens with one attached hydrogen (secondary N) is 1. The van der Waals surface area contributed by atoms with Gasteiger partial charge < -0.3 is 14.8 Å². The SMILES string of the molecule is CCN(c1ccccc1)S(=O)(=O)c1ccc(OC)c(NC(=O)[C@@H](C)OCC(F)(F)F)c1. The zero-order valence-electron chi connectivity index (χ0n) is 17.1. The van der Waals surface area contributed by atoms with Crippen molar-refractivity contribution >= 4 is 27.3 Å². The summed E-state index contributed by atoms with van der Waals surface area (Å²) in [5.41, 5.74) is 0.445. The Balaban J connectivity index is 2.32. The Labute approximate surface area is 178 Å². The number of carbonyl (C=O) groups excluding carboxylic acids is 1. The van der Waals surface area contributed by atoms with E-state index < -0.39 is 34.8 Å². The molecule has 1 amide bonds. The quantitative estimate of drug-likeness (QED) is 0.615. The van der Waals surface area contributed by atoms with Gasteiger partial charge in [-0.2, -0.15) is 13.2 Å². The molecule has 0 aliphatic carbocycles. The first-order valence-electron chi connectivity index (χ1n) is 9.24. The normalized spacial score (nSPS) is 12.8. The van der Waals surface area contributed by atoms with Gasteiger partial charge in [-0.1, -0.05) is 18.2 Å². The first-order valence-corrected chi connectivity index (χ1v) is 10.7. The lowest BCUT2D eigenvalue weighted by Gasteiger charge is -2.23. The van der Waals surface area contributed by atoms with Crippen molar-refractivity contribution in [3.63, 3.8) is 0 Å². The Bertz CT molecular complexity index is 998. The number of halogens is 3. The third-order valence-electron chi connectivity index (χ3n) is 4.21. The van der Waals surface area contributed by atoms with E-state index in [9.17, 15) is 26.4 Å². The van der Waals surface area contributed by atoms with Gasteiger partial charge in [0, 0.05) is 6.54 Å². The molecular formula is C20H23F3N2O5S. The molecule has 0 aromatic heterocycles. The fraction of sp³-hybridized carbons (Fsp3) is 0.350. The van der Waals surface area contributed by atoms with Crippen LogP contribution in [0.1, 0.15) is 13.8 Å². The maximum atomic E-state index is 13.2. The van der Waals surface area contributed by atoms with E-state index >= 15 is 0 Å². The van der Waals surface area contributed by atoms with Gasteiger partial charge in [0.25, 0.3) is 15.9 Å². The molecule has 0 bridgehead atoms. The van der Waals surface area contributed by atoms with Crippen LogP contribution in [0.2, 0.25) is 0 Å². The number of ether oxygens (including phenoxy) is 2. The molecule has 11 heteroatoms. The van der Waals surface area contributed by atoms with Gasteiger partial charge in [-0.05, 0) is 44.2 Å². The summed E-state index contributed by atoms with van der Waals surface area (Å²) < 4.78 is 74.1. The number of amides is 1. The van der Waals surface area contributed by atoms with Crippen molar-refractivity contribution in [1.82, 2.24) is 0 Å². The monoisotopic (exact) mass is 460 g/mol. The number of anilines is 2. The number of para-hydroxylation sites is 1. The van der Waals surface area contributed by atoms with Crippen LogP contribution in [0.3, 0.4) is 0 Å². The minimum absolute atomic E-state index is 0.0138. The Morgan fingerprint density at radius 1 is 1.16 bits per heavy atom. The summed E-state index contributed by atoms with van der Waals surface area (Å²) in [5.74, 6) is -0.745. The topological polar surface area (TPSA) is 84.9 Å². The second-order valence-electron chi connectivity index (χ2n) is 6.43. The van der Waals surface area contributed by atoms with Gasteiger partial charge in [-0.15, -0.1) is 0 Å². The zero-order chi connectivity index (χ0) is 23.2. The Morgan fingerprint density at radius 3 is 2.35 bits per heavy atom. The van der Waals surface area contributed by atoms with Gasteiger partial charge in [-0.25, -0.2) is 8.42 Å². The third kappa shape index (κ3) is 6.34. The fourth-order valence-corrected chi connectivity index (χ4v) is 4.19. The number of nitrogens with zero attached hydrogens (tertiary/aromatic N) is 1. The Morgan fingerprint density at radius 2 is 1.81 bits per heavy atom. The molecule has 31 heavy (non-hydrogen) atoms. The standard InChI is InChI=1S/C20H23F3N2O5S/c1-4-25(15-8-6-5-7-9-15)31(27,28)16-10-11-18(29-3)17(12-16)24-19(26)14(2)30-13-20(21,22)23/h5-12,14H,4,13H2,1-3H3,(H,24,26)/t14-/m1/s1. The third-order valence-corrected chi connectivity index (χ3v) is 6.11. The average molecular weight is 460 g/mol. The summed E-state index contributed by atoms with van der Waals surface area (Å²) in [6.45, 7) is 1.40. The summed E-state index contributed by atoms with van der Waals surface area (Å²) in [6.07, 6.45) is -6.01. The van der Waals surface area contributed by atoms with E-state index in [1.54, 1.807) is 37.3 Å². The highest BCUT2D eigenvalue weighted by atomic mass is 32.2. The van der Waals surface area contributed by atoms with Gasteiger partial charge in [-0.3, -0.25) is 9.10 Å². The van der Waals surface area contributed by atoms with Crippen molar-refractivity contribution in [2.45, 2.75) is 31.0 Å². The number of alkyl halides is 3. The van der Waals surface area contributed by atoms with Crippen molar-refractivity contribution in [3.8, 4) is 5.75 Å². The maximum absolute atomic E-state index is 13.2. The molecule has 0 saturated carbocycles. The van der Waals surface area contributed by atoms with Gasteiger partial charge >= 0.3 is 6.18 Å². The largest absolute Gasteiger partial charge is 0.495 e. The molecule has 0 spiro atoms. The number of sulfonamides is 1. The first-order chi connectivity index (χ1) is 14.5. The molecule has 0 aliphatic heterocycles. The highest BCUT2D eigenvalue weighted by Gasteiger charge is 2.30. The van der Waals surface area contributed by atoms with Crippen LogP contribution in [0.15, 0.2) is 53.4 Å². The van der Waals surface area contributed by atoms with Crippen molar-refractivity contribution in [3.05, 3.63) is 48.5 Å². The first kappa shape index (κ1) is 24.5. The van der Waals surface area contributed by atoms with E-state index in [1.165, 1.54) is 29.6 Å². The molecule has 2 aromatic carbocycles. The van der Waals surface area contributed by atoms with Crippen LogP contribution in [-0.2, 0) is 19.6 Å². The van der Waals surface area contributed by atoms with Gasteiger partial charge in [0.05, 0.1) is 23.4 Å². The van der Waals surface area contributed by atoms with Crippen molar-refractivity contribution in [1.29, 1.82) is 0 Å². The van der Waals surface area contributed by atoms with Gasteiger partial charge in [0.1, 0.15) is 18.5 Å². The predicted octanol–water partition coefficient (Wildman–Crippen LogP) is 3.82. The van der Waals surface area contributed by atoms with E-state index in [0.29, 0.717) is 5.69 Å². The van der Waals surface area contributed by atoms with Crippen molar-refractivity contribution in [2.75, 3.05) is 29.9 Å². The van der Waals surface area contributed by atoms with Crippen molar-refractivity contribution < 1.29 is 35.9 Å². The molecule has 170 valence electrons. The minimum Gasteiger partial charge on any atom is -0.495 e. The van der Waals surface area contributed by atoms with Crippen LogP contribution in [0.25, 0.3) is 0 Å². The molecule has 7 nitrogen and oxygen atoms in total. The van der Waals surface area contributed by atoms with Gasteiger partial charge in [0.15, 0.2) is 0 Å². The summed E-state index contributed by atoms with van der Waals surface area (Å²) >= 11 is 0. The molecule has 2 aromatic rings. The fourth-order valence-electron chi connectivity index (χ4n) is 2.69. The lowest BCUT2D eigenvalue weighted by atomic mass is 10.2. The lowest BCUT2D eigenvalue weighted by Crippen LogP contribution is -2.32. The Kier molecular flexibility index (Phi) is 7.91. The summed E-state index contributed by atoms with van der Waals surface area (Å²) in [7, 11) is -2.68. The van der Waals surface area contributed by atoms with E-state index in [1.807, 2.05) is 0 Å². The molecule has 0 saturated heterocycles. The second-order valence-corrected chi connectivity index (χ2v) is 8.29. The molecule has 0 unspecified atom stereocenters. The van der Waals surface area contributed by atoms with Gasteiger partial charge in [0.2, 0.25) is 0 Å².